The molecule has 0 radical (unpaired) electrons. The number of halogens is 14. The van der Waals surface area contributed by atoms with E-state index in [0.29, 0.717) is 0 Å². The van der Waals surface area contributed by atoms with Gasteiger partial charge in [0.1, 0.15) is 0 Å². The van der Waals surface area contributed by atoms with Gasteiger partial charge in [-0.3, -0.25) is 0 Å². The van der Waals surface area contributed by atoms with Crippen molar-refractivity contribution in [2.45, 2.75) is 35.9 Å². The molecule has 0 aromatic rings. The molecule has 0 aromatic heterocycles. The second kappa shape index (κ2) is 4.85. The molecular formula is C6H2Cl2F12NO2P. The Bertz CT molecular complexity index is 455. The van der Waals surface area contributed by atoms with E-state index in [1.165, 1.54) is 0 Å². The fourth-order valence-electron chi connectivity index (χ4n) is 1.95. The van der Waals surface area contributed by atoms with Crippen LogP contribution in [-0.4, -0.2) is 35.9 Å². The first-order chi connectivity index (χ1) is 9.93. The van der Waals surface area contributed by atoms with Gasteiger partial charge in [-0.25, -0.2) is 0 Å². The Hall–Kier alpha value is 0.0500. The first kappa shape index (κ1) is 22.1. The fourth-order valence-corrected chi connectivity index (χ4v) is 4.86. The first-order valence-electron chi connectivity index (χ1n) is 4.89. The number of rotatable bonds is 0. The zero-order chi connectivity index (χ0) is 19.9. The van der Waals surface area contributed by atoms with Crippen molar-refractivity contribution in [3.05, 3.63) is 0 Å². The predicted octanol–water partition coefficient (Wildman–Crippen LogP) is 5.32. The summed E-state index contributed by atoms with van der Waals surface area (Å²) in [4.78, 5) is 0. The third-order valence-corrected chi connectivity index (χ3v) is 4.70. The van der Waals surface area contributed by atoms with Gasteiger partial charge in [0.05, 0.1) is 0 Å². The van der Waals surface area contributed by atoms with Crippen LogP contribution in [0.25, 0.3) is 0 Å². The molecule has 18 heteroatoms. The molecule has 2 N–H and O–H groups in total. The van der Waals surface area contributed by atoms with Gasteiger partial charge in [0.15, 0.2) is 0 Å². The summed E-state index contributed by atoms with van der Waals surface area (Å²) in [5, 5.41) is 0. The molecule has 0 amide bonds. The summed E-state index contributed by atoms with van der Waals surface area (Å²) in [6, 6.07) is 0. The van der Waals surface area contributed by atoms with Crippen molar-refractivity contribution >= 4 is 28.4 Å². The summed E-state index contributed by atoms with van der Waals surface area (Å²) >= 11 is 9.29. The quantitative estimate of drug-likeness (QED) is 0.402. The van der Waals surface area contributed by atoms with E-state index in [-0.39, 0.29) is 0 Å². The predicted molar refractivity (Wildman–Crippen MR) is 54.7 cm³/mol. The molecule has 0 bridgehead atoms. The van der Waals surface area contributed by atoms with Gasteiger partial charge in [0.25, 0.3) is 0 Å². The van der Waals surface area contributed by atoms with Crippen molar-refractivity contribution in [1.82, 2.24) is 0 Å². The average Bonchev–Trinajstić information content (AvgIpc) is 2.40. The van der Waals surface area contributed by atoms with Crippen molar-refractivity contribution in [3.8, 4) is 0 Å². The Labute approximate surface area is 132 Å². The standard InChI is InChI=1S/C6H2Cl2F12NO2P/c7-24(8,21)22-1(3(9,10)11,4(12,13)14)2(23-24,5(15,16)17)6(18,19)20/h21H2. The van der Waals surface area contributed by atoms with Gasteiger partial charge < -0.3 is 0 Å². The van der Waals surface area contributed by atoms with Crippen LogP contribution in [0, 0.1) is 0 Å². The van der Waals surface area contributed by atoms with Gasteiger partial charge in [-0.2, -0.15) is 0 Å². The molecule has 0 saturated carbocycles. The van der Waals surface area contributed by atoms with E-state index in [0.717, 1.165) is 0 Å². The third kappa shape index (κ3) is 2.80. The van der Waals surface area contributed by atoms with Crippen molar-refractivity contribution in [3.63, 3.8) is 0 Å². The molecule has 0 aromatic carbocycles. The second-order valence-electron chi connectivity index (χ2n) is 4.36. The molecule has 0 unspecified atom stereocenters. The molecule has 1 rings (SSSR count). The number of alkyl halides is 12. The summed E-state index contributed by atoms with van der Waals surface area (Å²) in [7, 11) is 0. The van der Waals surface area contributed by atoms with Gasteiger partial charge in [-0.05, 0) is 0 Å². The van der Waals surface area contributed by atoms with Crippen molar-refractivity contribution in [1.29, 1.82) is 0 Å². The van der Waals surface area contributed by atoms with Crippen LogP contribution in [0.4, 0.5) is 52.7 Å². The Morgan fingerprint density at radius 2 is 0.750 bits per heavy atom. The zero-order valence-electron chi connectivity index (χ0n) is 10.1. The van der Waals surface area contributed by atoms with Crippen LogP contribution in [-0.2, 0) is 9.05 Å². The summed E-state index contributed by atoms with van der Waals surface area (Å²) in [6.45, 7) is 0. The number of hydrogen-bond acceptors (Lipinski definition) is 3. The Balaban J connectivity index is 4.16. The molecule has 3 nitrogen and oxygen atoms in total. The van der Waals surface area contributed by atoms with Crippen molar-refractivity contribution in [2.24, 2.45) is 5.50 Å². The van der Waals surface area contributed by atoms with Crippen LogP contribution < -0.4 is 5.50 Å². The van der Waals surface area contributed by atoms with E-state index in [2.05, 4.69) is 37.0 Å². The summed E-state index contributed by atoms with van der Waals surface area (Å²) in [5.74, 6) is -7.17. The monoisotopic (exact) mass is 449 g/mol. The Morgan fingerprint density at radius 3 is 0.875 bits per heavy atom. The summed E-state index contributed by atoms with van der Waals surface area (Å²) in [5.41, 5.74) is -9.74. The molecule has 24 heavy (non-hydrogen) atoms. The minimum atomic E-state index is -7.39. The van der Waals surface area contributed by atoms with E-state index >= 15 is 0 Å². The molecule has 1 fully saturated rings. The SMILES string of the molecule is NP1(Cl)(Cl)OC(C(F)(F)F)(C(F)(F)F)C(C(F)(F)F)(C(F)(F)F)O1. The molecular weight excluding hydrogens is 448 g/mol. The number of hydrogen-bond donors (Lipinski definition) is 1. The van der Waals surface area contributed by atoms with Crippen LogP contribution in [0.1, 0.15) is 0 Å². The van der Waals surface area contributed by atoms with Crippen molar-refractivity contribution in [2.75, 3.05) is 0 Å². The molecule has 0 aliphatic carbocycles. The Kier molecular flexibility index (Phi) is 4.47. The van der Waals surface area contributed by atoms with Gasteiger partial charge in [-0.15, -0.1) is 0 Å². The van der Waals surface area contributed by atoms with E-state index in [4.69, 9.17) is 0 Å². The zero-order valence-corrected chi connectivity index (χ0v) is 12.5. The van der Waals surface area contributed by atoms with E-state index in [9.17, 15) is 52.7 Å². The number of nitrogens with two attached hydrogens (primary N) is 1. The second-order valence-corrected chi connectivity index (χ2v) is 10.7. The fraction of sp³-hybridized carbons (Fsp3) is 1.00. The first-order valence-corrected chi connectivity index (χ1v) is 8.84. The van der Waals surface area contributed by atoms with E-state index < -0.39 is 41.8 Å². The van der Waals surface area contributed by atoms with Crippen molar-refractivity contribution < 1.29 is 61.7 Å². The summed E-state index contributed by atoms with van der Waals surface area (Å²) < 4.78 is 161. The maximum absolute atomic E-state index is 12.9. The Morgan fingerprint density at radius 1 is 0.583 bits per heavy atom. The van der Waals surface area contributed by atoms with Gasteiger partial charge >= 0.3 is 132 Å². The van der Waals surface area contributed by atoms with Gasteiger partial charge in [0, 0.05) is 0 Å². The molecule has 1 aliphatic rings. The molecule has 0 atom stereocenters. The topological polar surface area (TPSA) is 44.5 Å². The van der Waals surface area contributed by atoms with Crippen LogP contribution >= 0.6 is 28.4 Å². The van der Waals surface area contributed by atoms with Crippen LogP contribution in [0.2, 0.25) is 0 Å². The van der Waals surface area contributed by atoms with Gasteiger partial charge in [0.2, 0.25) is 0 Å². The molecule has 1 heterocycles. The normalized spacial score (nSPS) is 28.2. The molecule has 146 valence electrons. The van der Waals surface area contributed by atoms with Crippen LogP contribution in [0.3, 0.4) is 0 Å². The van der Waals surface area contributed by atoms with Crippen LogP contribution in [0.15, 0.2) is 0 Å². The van der Waals surface area contributed by atoms with Gasteiger partial charge in [-0.1, -0.05) is 0 Å². The van der Waals surface area contributed by atoms with E-state index in [1.807, 2.05) is 0 Å². The average molecular weight is 450 g/mol. The molecule has 1 aliphatic heterocycles. The summed E-state index contributed by atoms with van der Waals surface area (Å²) in [6.07, 6.45) is -29.6. The molecule has 1 saturated heterocycles. The third-order valence-electron chi connectivity index (χ3n) is 2.68. The van der Waals surface area contributed by atoms with E-state index in [1.54, 1.807) is 0 Å². The maximum atomic E-state index is 12.9. The minimum absolute atomic E-state index is 2.85. The molecule has 0 spiro atoms. The van der Waals surface area contributed by atoms with Crippen LogP contribution in [0.5, 0.6) is 0 Å².